The molecule has 2 aromatic carbocycles. The van der Waals surface area contributed by atoms with E-state index in [-0.39, 0.29) is 24.8 Å². The van der Waals surface area contributed by atoms with E-state index in [1.165, 1.54) is 0 Å². The second-order valence-corrected chi connectivity index (χ2v) is 7.82. The minimum Gasteiger partial charge on any atom is -0.497 e. The molecule has 0 aromatic heterocycles. The number of unbranched alkanes of at least 4 members (excludes halogenated alkanes) is 2. The van der Waals surface area contributed by atoms with E-state index in [2.05, 4.69) is 5.32 Å². The molecular weight excluding hydrogens is 426 g/mol. The lowest BCUT2D eigenvalue weighted by Crippen LogP contribution is -2.45. The molecule has 3 rings (SSSR count). The lowest BCUT2D eigenvalue weighted by molar-refractivity contribution is -0.129. The van der Waals surface area contributed by atoms with Crippen LogP contribution in [0.1, 0.15) is 48.0 Å². The van der Waals surface area contributed by atoms with Crippen LogP contribution in [0.15, 0.2) is 42.5 Å². The number of rotatable bonds is 10. The molecule has 1 atom stereocenters. The van der Waals surface area contributed by atoms with Crippen molar-refractivity contribution in [2.45, 2.75) is 44.7 Å². The van der Waals surface area contributed by atoms with E-state index in [1.807, 2.05) is 12.1 Å². The van der Waals surface area contributed by atoms with Gasteiger partial charge in [-0.15, -0.1) is 0 Å². The van der Waals surface area contributed by atoms with Gasteiger partial charge in [-0.25, -0.2) is 5.48 Å². The number of para-hydroxylation sites is 1. The average molecular weight is 456 g/mol. The number of carbonyl (C=O) groups excluding carboxylic acids is 3. The van der Waals surface area contributed by atoms with Gasteiger partial charge in [0, 0.05) is 12.5 Å². The summed E-state index contributed by atoms with van der Waals surface area (Å²) in [5, 5.41) is 11.4. The minimum absolute atomic E-state index is 0.205. The highest BCUT2D eigenvalue weighted by Crippen LogP contribution is 2.29. The van der Waals surface area contributed by atoms with Crippen molar-refractivity contribution in [3.63, 3.8) is 0 Å². The molecule has 2 aromatic rings. The first-order valence-corrected chi connectivity index (χ1v) is 10.8. The summed E-state index contributed by atoms with van der Waals surface area (Å²) >= 11 is 0. The molecule has 0 spiro atoms. The molecule has 3 amide bonds. The summed E-state index contributed by atoms with van der Waals surface area (Å²) in [6.45, 7) is 0.242. The molecule has 9 heteroatoms. The second kappa shape index (κ2) is 11.3. The quantitative estimate of drug-likeness (QED) is 0.288. The van der Waals surface area contributed by atoms with E-state index in [0.717, 1.165) is 5.56 Å². The van der Waals surface area contributed by atoms with Crippen LogP contribution >= 0.6 is 0 Å². The molecule has 0 fully saturated rings. The first-order valence-electron chi connectivity index (χ1n) is 10.8. The Morgan fingerprint density at radius 1 is 1.06 bits per heavy atom. The van der Waals surface area contributed by atoms with Gasteiger partial charge in [-0.05, 0) is 42.7 Å². The Kier molecular flexibility index (Phi) is 8.26. The van der Waals surface area contributed by atoms with Gasteiger partial charge in [0.2, 0.25) is 11.8 Å². The summed E-state index contributed by atoms with van der Waals surface area (Å²) in [4.78, 5) is 39.2. The molecule has 0 bridgehead atoms. The number of fused-ring (bicyclic) bond motifs is 1. The number of methoxy groups -OCH3 is 2. The molecule has 9 nitrogen and oxygen atoms in total. The molecule has 1 unspecified atom stereocenters. The maximum atomic E-state index is 13.5. The number of ether oxygens (including phenoxy) is 2. The van der Waals surface area contributed by atoms with Crippen LogP contribution in [0, 0.1) is 0 Å². The third kappa shape index (κ3) is 6.01. The van der Waals surface area contributed by atoms with E-state index < -0.39 is 11.9 Å². The van der Waals surface area contributed by atoms with Gasteiger partial charge in [0.05, 0.1) is 32.0 Å². The van der Waals surface area contributed by atoms with E-state index >= 15 is 0 Å². The molecule has 1 aliphatic heterocycles. The zero-order chi connectivity index (χ0) is 23.8. The highest BCUT2D eigenvalue weighted by molar-refractivity contribution is 6.10. The Bertz CT molecular complexity index is 987. The molecular formula is C24H29N3O6. The Labute approximate surface area is 192 Å². The van der Waals surface area contributed by atoms with E-state index in [0.29, 0.717) is 48.4 Å². The molecule has 176 valence electrons. The van der Waals surface area contributed by atoms with Crippen molar-refractivity contribution >= 4 is 23.4 Å². The molecule has 0 saturated heterocycles. The fraction of sp³-hybridized carbons (Fsp3) is 0.375. The average Bonchev–Trinajstić information content (AvgIpc) is 2.94. The third-order valence-electron chi connectivity index (χ3n) is 5.58. The van der Waals surface area contributed by atoms with E-state index in [1.54, 1.807) is 54.9 Å². The maximum absolute atomic E-state index is 13.5. The normalized spacial score (nSPS) is 15.4. The SMILES string of the molecule is COc1cc(CN2C(=O)C(CCCCCC(=O)NO)NC(=O)c3ccccc32)cc(OC)c1. The lowest BCUT2D eigenvalue weighted by atomic mass is 10.1. The predicted octanol–water partition coefficient (Wildman–Crippen LogP) is 2.80. The van der Waals surface area contributed by atoms with Crippen LogP contribution in [0.4, 0.5) is 5.69 Å². The maximum Gasteiger partial charge on any atom is 0.254 e. The zero-order valence-electron chi connectivity index (χ0n) is 18.8. The van der Waals surface area contributed by atoms with E-state index in [9.17, 15) is 14.4 Å². The van der Waals surface area contributed by atoms with Crippen molar-refractivity contribution in [1.82, 2.24) is 10.8 Å². The smallest absolute Gasteiger partial charge is 0.254 e. The van der Waals surface area contributed by atoms with Crippen molar-refractivity contribution < 1.29 is 29.1 Å². The van der Waals surface area contributed by atoms with Crippen molar-refractivity contribution in [1.29, 1.82) is 0 Å². The molecule has 1 heterocycles. The van der Waals surface area contributed by atoms with Gasteiger partial charge >= 0.3 is 0 Å². The number of nitrogens with one attached hydrogen (secondary N) is 2. The highest BCUT2D eigenvalue weighted by Gasteiger charge is 2.33. The standard InChI is InChI=1S/C24H29N3O6/c1-32-17-12-16(13-18(14-17)33-2)15-27-21-10-7-6-8-19(21)23(29)25-20(24(27)30)9-4-3-5-11-22(28)26-31/h6-8,10,12-14,20,31H,3-5,9,11,15H2,1-2H3,(H,25,29)(H,26,28). The summed E-state index contributed by atoms with van der Waals surface area (Å²) in [7, 11) is 3.13. The number of hydroxylamine groups is 1. The van der Waals surface area contributed by atoms with Crippen LogP contribution in [0.5, 0.6) is 11.5 Å². The number of nitrogens with zero attached hydrogens (tertiary/aromatic N) is 1. The Balaban J connectivity index is 1.82. The summed E-state index contributed by atoms with van der Waals surface area (Å²) in [5.74, 6) is 0.275. The highest BCUT2D eigenvalue weighted by atomic mass is 16.5. The van der Waals surface area contributed by atoms with E-state index in [4.69, 9.17) is 14.7 Å². The fourth-order valence-corrected chi connectivity index (χ4v) is 3.87. The van der Waals surface area contributed by atoms with Crippen LogP contribution in [0.3, 0.4) is 0 Å². The molecule has 0 saturated carbocycles. The van der Waals surface area contributed by atoms with Gasteiger partial charge < -0.3 is 19.7 Å². The third-order valence-corrected chi connectivity index (χ3v) is 5.58. The lowest BCUT2D eigenvalue weighted by Gasteiger charge is -2.26. The van der Waals surface area contributed by atoms with Crippen molar-refractivity contribution in [3.05, 3.63) is 53.6 Å². The predicted molar refractivity (Wildman–Crippen MR) is 121 cm³/mol. The summed E-state index contributed by atoms with van der Waals surface area (Å²) < 4.78 is 10.7. The van der Waals surface area contributed by atoms with Gasteiger partial charge in [-0.3, -0.25) is 19.6 Å². The van der Waals surface area contributed by atoms with Crippen molar-refractivity contribution in [2.75, 3.05) is 19.1 Å². The first kappa shape index (κ1) is 24.1. The molecule has 0 aliphatic carbocycles. The summed E-state index contributed by atoms with van der Waals surface area (Å²) in [6.07, 6.45) is 2.56. The number of benzene rings is 2. The zero-order valence-corrected chi connectivity index (χ0v) is 18.8. The Morgan fingerprint density at radius 2 is 1.76 bits per heavy atom. The van der Waals surface area contributed by atoms with Crippen LogP contribution in [-0.2, 0) is 16.1 Å². The molecule has 3 N–H and O–H groups in total. The molecule has 1 aliphatic rings. The fourth-order valence-electron chi connectivity index (χ4n) is 3.87. The largest absolute Gasteiger partial charge is 0.497 e. The monoisotopic (exact) mass is 455 g/mol. The molecule has 0 radical (unpaired) electrons. The number of carbonyl (C=O) groups is 3. The topological polar surface area (TPSA) is 117 Å². The Morgan fingerprint density at radius 3 is 2.42 bits per heavy atom. The van der Waals surface area contributed by atoms with Crippen LogP contribution in [0.25, 0.3) is 0 Å². The first-order chi connectivity index (χ1) is 16.0. The number of anilines is 1. The Hall–Kier alpha value is -3.59. The van der Waals surface area contributed by atoms with Gasteiger partial charge in [0.25, 0.3) is 5.91 Å². The van der Waals surface area contributed by atoms with Gasteiger partial charge in [-0.1, -0.05) is 25.0 Å². The minimum atomic E-state index is -0.691. The van der Waals surface area contributed by atoms with Crippen LogP contribution in [0.2, 0.25) is 0 Å². The summed E-state index contributed by atoms with van der Waals surface area (Å²) in [5.41, 5.74) is 3.39. The van der Waals surface area contributed by atoms with Gasteiger partial charge in [0.15, 0.2) is 0 Å². The van der Waals surface area contributed by atoms with Gasteiger partial charge in [0.1, 0.15) is 17.5 Å². The summed E-state index contributed by atoms with van der Waals surface area (Å²) in [6, 6.07) is 11.8. The van der Waals surface area contributed by atoms with Gasteiger partial charge in [-0.2, -0.15) is 0 Å². The number of hydrogen-bond donors (Lipinski definition) is 3. The van der Waals surface area contributed by atoms with Crippen molar-refractivity contribution in [2.24, 2.45) is 0 Å². The van der Waals surface area contributed by atoms with Crippen LogP contribution < -0.4 is 25.2 Å². The number of amides is 3. The number of hydrogen-bond acceptors (Lipinski definition) is 6. The second-order valence-electron chi connectivity index (χ2n) is 7.82. The van der Waals surface area contributed by atoms with Crippen LogP contribution in [-0.4, -0.2) is 43.2 Å². The van der Waals surface area contributed by atoms with Crippen molar-refractivity contribution in [3.8, 4) is 11.5 Å². The molecule has 33 heavy (non-hydrogen) atoms.